The molecule has 1 N–H and O–H groups in total. The highest BCUT2D eigenvalue weighted by atomic mass is 32.2. The molecule has 1 atom stereocenters. The third-order valence-electron chi connectivity index (χ3n) is 2.64. The summed E-state index contributed by atoms with van der Waals surface area (Å²) >= 11 is 1.58. The standard InChI is InChI=1S/C13H16N2OS/c1-3-11(16)10-6-4-5-7-12(10)17-13-14-8-9-15(13)2/h4-9,11,16H,3H2,1-2H3/t11-/m0/s1. The van der Waals surface area contributed by atoms with E-state index < -0.39 is 6.10 Å². The Kier molecular flexibility index (Phi) is 3.86. The van der Waals surface area contributed by atoms with E-state index in [4.69, 9.17) is 0 Å². The highest BCUT2D eigenvalue weighted by Crippen LogP contribution is 2.32. The van der Waals surface area contributed by atoms with Gasteiger partial charge in [-0.3, -0.25) is 0 Å². The number of aryl methyl sites for hydroxylation is 1. The minimum atomic E-state index is -0.404. The van der Waals surface area contributed by atoms with Crippen molar-refractivity contribution in [1.29, 1.82) is 0 Å². The molecule has 4 heteroatoms. The molecule has 0 radical (unpaired) electrons. The van der Waals surface area contributed by atoms with E-state index in [1.54, 1.807) is 18.0 Å². The van der Waals surface area contributed by atoms with E-state index in [1.807, 2.05) is 49.0 Å². The monoisotopic (exact) mass is 248 g/mol. The van der Waals surface area contributed by atoms with Crippen LogP contribution in [-0.4, -0.2) is 14.7 Å². The van der Waals surface area contributed by atoms with Crippen molar-refractivity contribution in [2.24, 2.45) is 7.05 Å². The van der Waals surface area contributed by atoms with Gasteiger partial charge >= 0.3 is 0 Å². The number of imidazole rings is 1. The molecule has 90 valence electrons. The summed E-state index contributed by atoms with van der Waals surface area (Å²) in [6, 6.07) is 7.93. The SMILES string of the molecule is CC[C@H](O)c1ccccc1Sc1nccn1C. The zero-order valence-corrected chi connectivity index (χ0v) is 10.8. The normalized spacial score (nSPS) is 12.6. The fourth-order valence-electron chi connectivity index (χ4n) is 1.62. The van der Waals surface area contributed by atoms with Gasteiger partial charge in [0.1, 0.15) is 0 Å². The van der Waals surface area contributed by atoms with Crippen LogP contribution < -0.4 is 0 Å². The molecule has 0 aliphatic heterocycles. The third-order valence-corrected chi connectivity index (χ3v) is 3.81. The van der Waals surface area contributed by atoms with Gasteiger partial charge in [0.25, 0.3) is 0 Å². The maximum atomic E-state index is 9.97. The Labute approximate surface area is 106 Å². The number of aliphatic hydroxyl groups is 1. The van der Waals surface area contributed by atoms with Gasteiger partial charge < -0.3 is 9.67 Å². The molecule has 0 spiro atoms. The largest absolute Gasteiger partial charge is 0.388 e. The molecule has 1 heterocycles. The lowest BCUT2D eigenvalue weighted by Crippen LogP contribution is -1.98. The summed E-state index contributed by atoms with van der Waals surface area (Å²) in [6.45, 7) is 1.98. The first-order chi connectivity index (χ1) is 8.22. The predicted octanol–water partition coefficient (Wildman–Crippen LogP) is 3.01. The van der Waals surface area contributed by atoms with Crippen LogP contribution in [0.4, 0.5) is 0 Å². The Balaban J connectivity index is 2.30. The second-order valence-electron chi connectivity index (χ2n) is 3.88. The van der Waals surface area contributed by atoms with E-state index in [1.165, 1.54) is 0 Å². The van der Waals surface area contributed by atoms with Crippen LogP contribution in [0.25, 0.3) is 0 Å². The number of hydrogen-bond acceptors (Lipinski definition) is 3. The Morgan fingerprint density at radius 2 is 2.18 bits per heavy atom. The molecule has 0 aliphatic rings. The van der Waals surface area contributed by atoms with Gasteiger partial charge in [-0.2, -0.15) is 0 Å². The van der Waals surface area contributed by atoms with Crippen molar-refractivity contribution in [2.45, 2.75) is 29.5 Å². The van der Waals surface area contributed by atoms with Crippen LogP contribution in [0.5, 0.6) is 0 Å². The van der Waals surface area contributed by atoms with Crippen molar-refractivity contribution >= 4 is 11.8 Å². The van der Waals surface area contributed by atoms with Crippen LogP contribution in [0.1, 0.15) is 25.0 Å². The quantitative estimate of drug-likeness (QED) is 0.904. The van der Waals surface area contributed by atoms with Crippen molar-refractivity contribution in [3.63, 3.8) is 0 Å². The topological polar surface area (TPSA) is 38.1 Å². The number of hydrogen-bond donors (Lipinski definition) is 1. The molecule has 17 heavy (non-hydrogen) atoms. The number of aliphatic hydroxyl groups excluding tert-OH is 1. The van der Waals surface area contributed by atoms with Crippen molar-refractivity contribution in [2.75, 3.05) is 0 Å². The first kappa shape index (κ1) is 12.2. The average Bonchev–Trinajstić information content (AvgIpc) is 2.75. The van der Waals surface area contributed by atoms with Crippen LogP contribution in [0, 0.1) is 0 Å². The van der Waals surface area contributed by atoms with Crippen LogP contribution in [0.15, 0.2) is 46.7 Å². The molecule has 1 aromatic carbocycles. The van der Waals surface area contributed by atoms with E-state index in [9.17, 15) is 5.11 Å². The fourth-order valence-corrected chi connectivity index (χ4v) is 2.60. The van der Waals surface area contributed by atoms with Gasteiger partial charge in [0.15, 0.2) is 5.16 Å². The fraction of sp³-hybridized carbons (Fsp3) is 0.308. The lowest BCUT2D eigenvalue weighted by atomic mass is 10.1. The molecule has 2 rings (SSSR count). The van der Waals surface area contributed by atoms with Gasteiger partial charge in [-0.15, -0.1) is 0 Å². The van der Waals surface area contributed by atoms with E-state index in [0.717, 1.165) is 22.0 Å². The second kappa shape index (κ2) is 5.38. The molecule has 0 amide bonds. The van der Waals surface area contributed by atoms with Crippen molar-refractivity contribution < 1.29 is 5.11 Å². The summed E-state index contributed by atoms with van der Waals surface area (Å²) in [6.07, 6.45) is 4.01. The maximum Gasteiger partial charge on any atom is 0.172 e. The number of benzene rings is 1. The van der Waals surface area contributed by atoms with Crippen LogP contribution in [0.2, 0.25) is 0 Å². The minimum Gasteiger partial charge on any atom is -0.388 e. The first-order valence-corrected chi connectivity index (χ1v) is 6.46. The van der Waals surface area contributed by atoms with Crippen LogP contribution >= 0.6 is 11.8 Å². The zero-order chi connectivity index (χ0) is 12.3. The lowest BCUT2D eigenvalue weighted by Gasteiger charge is -2.13. The number of aromatic nitrogens is 2. The number of rotatable bonds is 4. The Morgan fingerprint density at radius 3 is 2.82 bits per heavy atom. The van der Waals surface area contributed by atoms with Crippen molar-refractivity contribution in [3.8, 4) is 0 Å². The molecular weight excluding hydrogens is 232 g/mol. The Morgan fingerprint density at radius 1 is 1.41 bits per heavy atom. The van der Waals surface area contributed by atoms with Gasteiger partial charge in [-0.25, -0.2) is 4.98 Å². The molecule has 0 saturated carbocycles. The molecular formula is C13H16N2OS. The molecule has 0 aliphatic carbocycles. The zero-order valence-electron chi connectivity index (χ0n) is 10.00. The third kappa shape index (κ3) is 2.70. The molecule has 2 aromatic rings. The summed E-state index contributed by atoms with van der Waals surface area (Å²) < 4.78 is 1.97. The highest BCUT2D eigenvalue weighted by molar-refractivity contribution is 7.99. The second-order valence-corrected chi connectivity index (χ2v) is 4.89. The van der Waals surface area contributed by atoms with E-state index in [0.29, 0.717) is 0 Å². The summed E-state index contributed by atoms with van der Waals surface area (Å²) in [5.74, 6) is 0. The van der Waals surface area contributed by atoms with Gasteiger partial charge in [-0.1, -0.05) is 36.9 Å². The van der Waals surface area contributed by atoms with Gasteiger partial charge in [-0.05, 0) is 18.1 Å². The summed E-state index contributed by atoms with van der Waals surface area (Å²) in [5, 5.41) is 10.9. The minimum absolute atomic E-state index is 0.404. The predicted molar refractivity (Wildman–Crippen MR) is 69.0 cm³/mol. The van der Waals surface area contributed by atoms with Crippen LogP contribution in [-0.2, 0) is 7.05 Å². The highest BCUT2D eigenvalue weighted by Gasteiger charge is 2.12. The molecule has 1 aromatic heterocycles. The Hall–Kier alpha value is -1.26. The summed E-state index contributed by atoms with van der Waals surface area (Å²) in [4.78, 5) is 5.35. The molecule has 0 bridgehead atoms. The summed E-state index contributed by atoms with van der Waals surface area (Å²) in [5.41, 5.74) is 0.975. The maximum absolute atomic E-state index is 9.97. The van der Waals surface area contributed by atoms with E-state index >= 15 is 0 Å². The van der Waals surface area contributed by atoms with Gasteiger partial charge in [0.05, 0.1) is 6.10 Å². The molecule has 0 fully saturated rings. The summed E-state index contributed by atoms with van der Waals surface area (Å²) in [7, 11) is 1.97. The molecule has 0 unspecified atom stereocenters. The average molecular weight is 248 g/mol. The van der Waals surface area contributed by atoms with E-state index in [2.05, 4.69) is 4.98 Å². The molecule has 3 nitrogen and oxygen atoms in total. The van der Waals surface area contributed by atoms with Crippen LogP contribution in [0.3, 0.4) is 0 Å². The van der Waals surface area contributed by atoms with E-state index in [-0.39, 0.29) is 0 Å². The van der Waals surface area contributed by atoms with Gasteiger partial charge in [0, 0.05) is 24.3 Å². The Bertz CT molecular complexity index is 496. The first-order valence-electron chi connectivity index (χ1n) is 5.64. The lowest BCUT2D eigenvalue weighted by molar-refractivity contribution is 0.171. The number of nitrogens with zero attached hydrogens (tertiary/aromatic N) is 2. The molecule has 0 saturated heterocycles. The van der Waals surface area contributed by atoms with Crippen molar-refractivity contribution in [3.05, 3.63) is 42.2 Å². The van der Waals surface area contributed by atoms with Crippen molar-refractivity contribution in [1.82, 2.24) is 9.55 Å². The smallest absolute Gasteiger partial charge is 0.172 e. The van der Waals surface area contributed by atoms with Gasteiger partial charge in [0.2, 0.25) is 0 Å².